The minimum Gasteiger partial charge on any atom is -0.464 e. The molecule has 0 radical (unpaired) electrons. The van der Waals surface area contributed by atoms with Crippen molar-refractivity contribution in [1.82, 2.24) is 10.6 Å². The summed E-state index contributed by atoms with van der Waals surface area (Å²) in [6.45, 7) is 8.79. The minimum atomic E-state index is 0.0121. The van der Waals surface area contributed by atoms with Gasteiger partial charge in [-0.25, -0.2) is 0 Å². The van der Waals surface area contributed by atoms with Crippen molar-refractivity contribution in [2.75, 3.05) is 0 Å². The predicted octanol–water partition coefficient (Wildman–Crippen LogP) is 4.55. The first-order valence-electron chi connectivity index (χ1n) is 9.69. The van der Waals surface area contributed by atoms with Gasteiger partial charge in [0.05, 0.1) is 12.7 Å². The fourth-order valence-corrected chi connectivity index (χ4v) is 4.88. The van der Waals surface area contributed by atoms with Gasteiger partial charge in [-0.3, -0.25) is 4.79 Å². The number of carbonyl (C=O) groups is 1. The van der Waals surface area contributed by atoms with Crippen LogP contribution in [0, 0.1) is 0 Å². The van der Waals surface area contributed by atoms with Gasteiger partial charge in [-0.1, -0.05) is 30.3 Å². The highest BCUT2D eigenvalue weighted by atomic mass is 16.3. The molecule has 0 spiro atoms. The van der Waals surface area contributed by atoms with E-state index in [1.807, 2.05) is 18.2 Å². The van der Waals surface area contributed by atoms with E-state index in [1.54, 1.807) is 6.26 Å². The lowest BCUT2D eigenvalue weighted by atomic mass is 9.79. The van der Waals surface area contributed by atoms with Crippen LogP contribution in [0.2, 0.25) is 0 Å². The first kappa shape index (κ1) is 18.1. The Morgan fingerprint density at radius 3 is 2.56 bits per heavy atom. The third-order valence-corrected chi connectivity index (χ3v) is 5.45. The molecule has 0 unspecified atom stereocenters. The quantitative estimate of drug-likeness (QED) is 0.717. The number of carbonyl (C=O) groups excluding carboxylic acids is 1. The Bertz CT molecular complexity index is 984. The summed E-state index contributed by atoms with van der Waals surface area (Å²) < 4.78 is 5.72. The number of benzene rings is 2. The van der Waals surface area contributed by atoms with Crippen molar-refractivity contribution in [2.24, 2.45) is 0 Å². The van der Waals surface area contributed by atoms with Gasteiger partial charge in [0.2, 0.25) is 5.91 Å². The van der Waals surface area contributed by atoms with E-state index in [1.165, 1.54) is 0 Å². The maximum absolute atomic E-state index is 12.8. The smallest absolute Gasteiger partial charge is 0.224 e. The van der Waals surface area contributed by atoms with Gasteiger partial charge in [-0.05, 0) is 57.4 Å². The van der Waals surface area contributed by atoms with Gasteiger partial charge in [0.25, 0.3) is 0 Å². The zero-order valence-electron chi connectivity index (χ0n) is 16.6. The molecule has 1 aliphatic rings. The molecule has 0 aliphatic carbocycles. The summed E-state index contributed by atoms with van der Waals surface area (Å²) in [7, 11) is 0. The van der Waals surface area contributed by atoms with Crippen LogP contribution in [0.15, 0.2) is 47.1 Å². The van der Waals surface area contributed by atoms with Gasteiger partial charge < -0.3 is 15.1 Å². The monoisotopic (exact) mass is 364 g/mol. The lowest BCUT2D eigenvalue weighted by Crippen LogP contribution is -2.62. The molecule has 0 saturated carbocycles. The zero-order chi connectivity index (χ0) is 19.2. The van der Waals surface area contributed by atoms with Crippen molar-refractivity contribution in [3.8, 4) is 0 Å². The number of fused-ring (bicyclic) bond motifs is 3. The molecule has 1 aliphatic heterocycles. The van der Waals surface area contributed by atoms with E-state index < -0.39 is 0 Å². The third-order valence-electron chi connectivity index (χ3n) is 5.45. The second-order valence-corrected chi connectivity index (χ2v) is 9.16. The zero-order valence-corrected chi connectivity index (χ0v) is 16.6. The fourth-order valence-electron chi connectivity index (χ4n) is 4.88. The Labute approximate surface area is 160 Å². The molecular weight excluding hydrogens is 336 g/mol. The van der Waals surface area contributed by atoms with E-state index in [0.29, 0.717) is 6.42 Å². The van der Waals surface area contributed by atoms with E-state index in [-0.39, 0.29) is 23.0 Å². The Kier molecular flexibility index (Phi) is 4.26. The topological polar surface area (TPSA) is 54.3 Å². The van der Waals surface area contributed by atoms with E-state index in [0.717, 1.165) is 40.1 Å². The predicted molar refractivity (Wildman–Crippen MR) is 110 cm³/mol. The minimum absolute atomic E-state index is 0.0121. The first-order chi connectivity index (χ1) is 12.7. The molecule has 1 aromatic heterocycles. The van der Waals surface area contributed by atoms with Crippen LogP contribution >= 0.6 is 0 Å². The average molecular weight is 364 g/mol. The highest BCUT2D eigenvalue weighted by molar-refractivity contribution is 6.08. The summed E-state index contributed by atoms with van der Waals surface area (Å²) in [5, 5.41) is 10.3. The molecule has 1 saturated heterocycles. The Balaban J connectivity index is 1.56. The lowest BCUT2D eigenvalue weighted by Gasteiger charge is -2.46. The van der Waals surface area contributed by atoms with Crippen LogP contribution in [0.25, 0.3) is 21.7 Å². The molecule has 3 aromatic rings. The summed E-state index contributed by atoms with van der Waals surface area (Å²) in [6.07, 6.45) is 3.92. The number of piperidine rings is 1. The van der Waals surface area contributed by atoms with E-state index >= 15 is 0 Å². The van der Waals surface area contributed by atoms with E-state index in [9.17, 15) is 4.79 Å². The number of rotatable bonds is 3. The van der Waals surface area contributed by atoms with Gasteiger partial charge in [-0.2, -0.15) is 0 Å². The van der Waals surface area contributed by atoms with Crippen molar-refractivity contribution >= 4 is 27.6 Å². The molecule has 4 heteroatoms. The molecule has 4 rings (SSSR count). The van der Waals surface area contributed by atoms with E-state index in [2.05, 4.69) is 56.5 Å². The number of nitrogens with one attached hydrogen (secondary N) is 2. The summed E-state index contributed by atoms with van der Waals surface area (Å²) in [6, 6.07) is 12.5. The van der Waals surface area contributed by atoms with Crippen LogP contribution < -0.4 is 10.6 Å². The van der Waals surface area contributed by atoms with Gasteiger partial charge in [0, 0.05) is 28.1 Å². The molecule has 1 amide bonds. The van der Waals surface area contributed by atoms with Crippen LogP contribution in [0.5, 0.6) is 0 Å². The van der Waals surface area contributed by atoms with Crippen molar-refractivity contribution in [2.45, 2.75) is 64.1 Å². The number of hydrogen-bond acceptors (Lipinski definition) is 3. The standard InChI is InChI=1S/C23H28N2O2/c1-22(2)12-17(13-23(3,4)25-22)24-20(26)11-16-14-27-19-10-9-15-7-5-6-8-18(15)21(16)19/h5-10,14,17,25H,11-13H2,1-4H3,(H,24,26). The summed E-state index contributed by atoms with van der Waals surface area (Å²) >= 11 is 0. The molecular formula is C23H28N2O2. The second kappa shape index (κ2) is 6.38. The molecule has 0 bridgehead atoms. The van der Waals surface area contributed by atoms with Crippen molar-refractivity contribution in [1.29, 1.82) is 0 Å². The van der Waals surface area contributed by atoms with Crippen molar-refractivity contribution in [3.05, 3.63) is 48.2 Å². The number of hydrogen-bond donors (Lipinski definition) is 2. The molecule has 1 fully saturated rings. The van der Waals surface area contributed by atoms with Gasteiger partial charge >= 0.3 is 0 Å². The van der Waals surface area contributed by atoms with Crippen LogP contribution in [-0.2, 0) is 11.2 Å². The molecule has 2 aromatic carbocycles. The Morgan fingerprint density at radius 1 is 1.11 bits per heavy atom. The molecule has 0 atom stereocenters. The van der Waals surface area contributed by atoms with Crippen LogP contribution in [0.4, 0.5) is 0 Å². The molecule has 27 heavy (non-hydrogen) atoms. The maximum atomic E-state index is 12.8. The largest absolute Gasteiger partial charge is 0.464 e. The summed E-state index contributed by atoms with van der Waals surface area (Å²) in [5.74, 6) is 0.0594. The lowest BCUT2D eigenvalue weighted by molar-refractivity contribution is -0.121. The highest BCUT2D eigenvalue weighted by Gasteiger charge is 2.38. The van der Waals surface area contributed by atoms with Crippen LogP contribution in [0.1, 0.15) is 46.1 Å². The Morgan fingerprint density at radius 2 is 1.81 bits per heavy atom. The van der Waals surface area contributed by atoms with Crippen molar-refractivity contribution in [3.63, 3.8) is 0 Å². The van der Waals surface area contributed by atoms with Gasteiger partial charge in [0.1, 0.15) is 5.58 Å². The third kappa shape index (κ3) is 3.72. The second-order valence-electron chi connectivity index (χ2n) is 9.16. The molecule has 142 valence electrons. The number of furan rings is 1. The summed E-state index contributed by atoms with van der Waals surface area (Å²) in [5.41, 5.74) is 1.81. The summed E-state index contributed by atoms with van der Waals surface area (Å²) in [4.78, 5) is 12.8. The first-order valence-corrected chi connectivity index (χ1v) is 9.69. The van der Waals surface area contributed by atoms with Crippen molar-refractivity contribution < 1.29 is 9.21 Å². The van der Waals surface area contributed by atoms with E-state index in [4.69, 9.17) is 4.42 Å². The number of amides is 1. The van der Waals surface area contributed by atoms with Crippen LogP contribution in [-0.4, -0.2) is 23.0 Å². The maximum Gasteiger partial charge on any atom is 0.224 e. The fraction of sp³-hybridized carbons (Fsp3) is 0.435. The van der Waals surface area contributed by atoms with Gasteiger partial charge in [-0.15, -0.1) is 0 Å². The average Bonchev–Trinajstić information content (AvgIpc) is 2.95. The SMILES string of the molecule is CC1(C)CC(NC(=O)Cc2coc3ccc4ccccc4c23)CC(C)(C)N1. The molecule has 2 N–H and O–H groups in total. The normalized spacial score (nSPS) is 19.4. The van der Waals surface area contributed by atoms with Crippen LogP contribution in [0.3, 0.4) is 0 Å². The Hall–Kier alpha value is -2.33. The molecule has 2 heterocycles. The highest BCUT2D eigenvalue weighted by Crippen LogP contribution is 2.31. The van der Waals surface area contributed by atoms with Gasteiger partial charge in [0.15, 0.2) is 0 Å². The molecule has 4 nitrogen and oxygen atoms in total.